The second-order valence-corrected chi connectivity index (χ2v) is 8.85. The van der Waals surface area contributed by atoms with Gasteiger partial charge in [-0.3, -0.25) is 9.36 Å². The molecule has 0 saturated heterocycles. The highest BCUT2D eigenvalue weighted by atomic mass is 35.5. The van der Waals surface area contributed by atoms with Crippen LogP contribution < -0.4 is 14.9 Å². The van der Waals surface area contributed by atoms with Crippen molar-refractivity contribution in [3.8, 4) is 0 Å². The second-order valence-electron chi connectivity index (χ2n) is 7.44. The van der Waals surface area contributed by atoms with Crippen molar-refractivity contribution in [1.82, 2.24) is 4.57 Å². The van der Waals surface area contributed by atoms with E-state index in [-0.39, 0.29) is 17.7 Å². The molecule has 0 N–H and O–H groups in total. The number of ether oxygens (including phenoxy) is 2. The number of fused-ring (bicyclic) bond motifs is 1. The fourth-order valence-electron chi connectivity index (χ4n) is 3.77. The number of aromatic nitrogens is 1. The molecular weight excluding hydrogens is 476 g/mol. The lowest BCUT2D eigenvalue weighted by Gasteiger charge is -2.25. The Morgan fingerprint density at radius 3 is 2.50 bits per heavy atom. The summed E-state index contributed by atoms with van der Waals surface area (Å²) in [5.74, 6) is -0.978. The zero-order valence-electron chi connectivity index (χ0n) is 18.7. The predicted molar refractivity (Wildman–Crippen MR) is 130 cm³/mol. The summed E-state index contributed by atoms with van der Waals surface area (Å²) in [5, 5.41) is 0.428. The summed E-state index contributed by atoms with van der Waals surface area (Å²) in [6.45, 7) is 3.63. The van der Waals surface area contributed by atoms with E-state index in [2.05, 4.69) is 4.99 Å². The van der Waals surface area contributed by atoms with Crippen molar-refractivity contribution in [2.24, 2.45) is 4.99 Å². The summed E-state index contributed by atoms with van der Waals surface area (Å²) in [4.78, 5) is 43.1. The van der Waals surface area contributed by atoms with E-state index in [0.717, 1.165) is 5.56 Å². The monoisotopic (exact) mass is 496 g/mol. The van der Waals surface area contributed by atoms with Crippen molar-refractivity contribution in [1.29, 1.82) is 0 Å². The first-order valence-electron chi connectivity index (χ1n) is 10.5. The number of esters is 2. The van der Waals surface area contributed by atoms with Crippen molar-refractivity contribution in [3.05, 3.63) is 101 Å². The Labute approximate surface area is 204 Å². The van der Waals surface area contributed by atoms with Crippen molar-refractivity contribution >= 4 is 41.0 Å². The highest BCUT2D eigenvalue weighted by molar-refractivity contribution is 7.07. The van der Waals surface area contributed by atoms with Crippen LogP contribution in [0.4, 0.5) is 0 Å². The molecule has 0 amide bonds. The Balaban J connectivity index is 1.90. The number of rotatable bonds is 5. The first-order valence-corrected chi connectivity index (χ1v) is 11.7. The molecule has 1 aliphatic rings. The van der Waals surface area contributed by atoms with E-state index in [1.54, 1.807) is 68.5 Å². The number of hydrogen-bond donors (Lipinski definition) is 0. The standard InChI is InChI=1S/C25H21ClN2O5S/c1-4-33-24(31)20-14(2)27-25-28(21(20)17-7-5-6-8-18(17)26)22(29)19(34-25)13-15-9-11-16(12-10-15)23(30)32-3/h5-13,21H,4H2,1-3H3/b19-13-. The molecule has 0 saturated carbocycles. The van der Waals surface area contributed by atoms with E-state index in [0.29, 0.717) is 31.2 Å². The molecule has 2 heterocycles. The van der Waals surface area contributed by atoms with Gasteiger partial charge in [-0.1, -0.05) is 53.3 Å². The van der Waals surface area contributed by atoms with Gasteiger partial charge in [-0.15, -0.1) is 0 Å². The van der Waals surface area contributed by atoms with Crippen LogP contribution in [-0.4, -0.2) is 30.2 Å². The zero-order valence-corrected chi connectivity index (χ0v) is 20.3. The number of thiazole rings is 1. The molecule has 3 aromatic rings. The molecule has 1 unspecified atom stereocenters. The fourth-order valence-corrected chi connectivity index (χ4v) is 5.05. The van der Waals surface area contributed by atoms with Gasteiger partial charge < -0.3 is 9.47 Å². The first kappa shape index (κ1) is 23.7. The van der Waals surface area contributed by atoms with Crippen LogP contribution in [0.3, 0.4) is 0 Å². The number of methoxy groups -OCH3 is 1. The second kappa shape index (κ2) is 9.79. The molecule has 1 aliphatic heterocycles. The van der Waals surface area contributed by atoms with Gasteiger partial charge in [-0.05, 0) is 49.2 Å². The van der Waals surface area contributed by atoms with Gasteiger partial charge in [0.15, 0.2) is 4.80 Å². The lowest BCUT2D eigenvalue weighted by atomic mass is 9.96. The third-order valence-electron chi connectivity index (χ3n) is 5.35. The Bertz CT molecular complexity index is 1480. The fraction of sp³-hybridized carbons (Fsp3) is 0.200. The van der Waals surface area contributed by atoms with E-state index in [1.807, 2.05) is 0 Å². The van der Waals surface area contributed by atoms with Gasteiger partial charge in [0.1, 0.15) is 6.04 Å². The Morgan fingerprint density at radius 1 is 1.15 bits per heavy atom. The predicted octanol–water partition coefficient (Wildman–Crippen LogP) is 3.24. The molecule has 34 heavy (non-hydrogen) atoms. The molecule has 0 spiro atoms. The molecule has 0 radical (unpaired) electrons. The molecule has 0 bridgehead atoms. The normalized spacial score (nSPS) is 15.5. The number of carbonyl (C=O) groups is 2. The van der Waals surface area contributed by atoms with Crippen molar-refractivity contribution in [3.63, 3.8) is 0 Å². The van der Waals surface area contributed by atoms with E-state index in [9.17, 15) is 14.4 Å². The molecule has 7 nitrogen and oxygen atoms in total. The first-order chi connectivity index (χ1) is 16.3. The average Bonchev–Trinajstić information content (AvgIpc) is 3.13. The SMILES string of the molecule is CCOC(=O)C1=C(C)N=c2s/c(=C\c3ccc(C(=O)OC)cc3)c(=O)n2C1c1ccccc1Cl. The molecular formula is C25H21ClN2O5S. The van der Waals surface area contributed by atoms with Gasteiger partial charge in [-0.25, -0.2) is 14.6 Å². The maximum absolute atomic E-state index is 13.6. The van der Waals surface area contributed by atoms with Crippen LogP contribution in [0.5, 0.6) is 0 Å². The van der Waals surface area contributed by atoms with Crippen LogP contribution in [-0.2, 0) is 14.3 Å². The van der Waals surface area contributed by atoms with Crippen molar-refractivity contribution in [2.75, 3.05) is 13.7 Å². The Hall–Kier alpha value is -3.49. The largest absolute Gasteiger partial charge is 0.465 e. The molecule has 174 valence electrons. The minimum atomic E-state index is -0.771. The summed E-state index contributed by atoms with van der Waals surface area (Å²) in [5.41, 5.74) is 2.19. The molecule has 2 aromatic carbocycles. The number of benzene rings is 2. The van der Waals surface area contributed by atoms with E-state index < -0.39 is 18.0 Å². The lowest BCUT2D eigenvalue weighted by Crippen LogP contribution is -2.40. The summed E-state index contributed by atoms with van der Waals surface area (Å²) in [6, 6.07) is 13.0. The number of halogens is 1. The number of allylic oxidation sites excluding steroid dienone is 1. The van der Waals surface area contributed by atoms with Crippen LogP contribution in [0, 0.1) is 0 Å². The van der Waals surface area contributed by atoms with Crippen molar-refractivity contribution < 1.29 is 19.1 Å². The number of carbonyl (C=O) groups excluding carboxylic acids is 2. The van der Waals surface area contributed by atoms with Gasteiger partial charge >= 0.3 is 11.9 Å². The minimum absolute atomic E-state index is 0.191. The summed E-state index contributed by atoms with van der Waals surface area (Å²) in [6.07, 6.45) is 1.72. The van der Waals surface area contributed by atoms with Gasteiger partial charge in [0, 0.05) is 5.02 Å². The Kier molecular flexibility index (Phi) is 6.81. The van der Waals surface area contributed by atoms with Crippen LogP contribution >= 0.6 is 22.9 Å². The minimum Gasteiger partial charge on any atom is -0.465 e. The van der Waals surface area contributed by atoms with E-state index in [4.69, 9.17) is 21.1 Å². The van der Waals surface area contributed by atoms with Gasteiger partial charge in [-0.2, -0.15) is 0 Å². The van der Waals surface area contributed by atoms with Gasteiger partial charge in [0.25, 0.3) is 5.56 Å². The number of hydrogen-bond acceptors (Lipinski definition) is 7. The zero-order chi connectivity index (χ0) is 24.4. The summed E-state index contributed by atoms with van der Waals surface area (Å²) < 4.78 is 11.9. The average molecular weight is 497 g/mol. The van der Waals surface area contributed by atoms with Crippen LogP contribution in [0.2, 0.25) is 5.02 Å². The van der Waals surface area contributed by atoms with Crippen LogP contribution in [0.1, 0.15) is 41.4 Å². The Morgan fingerprint density at radius 2 is 1.85 bits per heavy atom. The topological polar surface area (TPSA) is 87.0 Å². The smallest absolute Gasteiger partial charge is 0.338 e. The third kappa shape index (κ3) is 4.34. The maximum Gasteiger partial charge on any atom is 0.338 e. The molecule has 9 heteroatoms. The summed E-state index contributed by atoms with van der Waals surface area (Å²) >= 11 is 7.71. The summed E-state index contributed by atoms with van der Waals surface area (Å²) in [7, 11) is 1.32. The molecule has 4 rings (SSSR count). The molecule has 0 aliphatic carbocycles. The van der Waals surface area contributed by atoms with E-state index in [1.165, 1.54) is 23.0 Å². The highest BCUT2D eigenvalue weighted by Gasteiger charge is 2.34. The van der Waals surface area contributed by atoms with Gasteiger partial charge in [0.2, 0.25) is 0 Å². The quantitative estimate of drug-likeness (QED) is 0.506. The lowest BCUT2D eigenvalue weighted by molar-refractivity contribution is -0.139. The van der Waals surface area contributed by atoms with Crippen LogP contribution in [0.15, 0.2) is 69.6 Å². The molecule has 1 aromatic heterocycles. The van der Waals surface area contributed by atoms with Crippen molar-refractivity contribution in [2.45, 2.75) is 19.9 Å². The highest BCUT2D eigenvalue weighted by Crippen LogP contribution is 2.34. The van der Waals surface area contributed by atoms with Crippen LogP contribution in [0.25, 0.3) is 6.08 Å². The molecule has 1 atom stereocenters. The number of nitrogens with zero attached hydrogens (tertiary/aromatic N) is 2. The molecule has 0 fully saturated rings. The van der Waals surface area contributed by atoms with Gasteiger partial charge in [0.05, 0.1) is 35.1 Å². The maximum atomic E-state index is 13.6. The van der Waals surface area contributed by atoms with E-state index >= 15 is 0 Å². The third-order valence-corrected chi connectivity index (χ3v) is 6.67.